The fraction of sp³-hybridized carbons (Fsp3) is 0.833. The van der Waals surface area contributed by atoms with Crippen LogP contribution in [-0.2, 0) is 4.79 Å². The summed E-state index contributed by atoms with van der Waals surface area (Å²) in [6, 6.07) is -0.491. The first-order chi connectivity index (χ1) is 13.0. The number of carboxylic acid groups (broad SMARTS) is 2. The third-order valence-electron chi connectivity index (χ3n) is 5.50. The number of thiocarbonyl (C=S) groups is 1. The monoisotopic (exact) mass is 400 g/mol. The molecule has 0 spiro atoms. The van der Waals surface area contributed by atoms with E-state index < -0.39 is 18.1 Å². The Balaban J connectivity index is 2.05. The van der Waals surface area contributed by atoms with Gasteiger partial charge < -0.3 is 24.9 Å². The lowest BCUT2D eigenvalue weighted by atomic mass is 10.1. The predicted molar refractivity (Wildman–Crippen MR) is 108 cm³/mol. The van der Waals surface area contributed by atoms with Crippen LogP contribution < -0.4 is 0 Å². The average molecular weight is 401 g/mol. The topological polar surface area (TPSA) is 87.6 Å². The van der Waals surface area contributed by atoms with Gasteiger partial charge in [0.05, 0.1) is 0 Å². The van der Waals surface area contributed by atoms with Gasteiger partial charge in [-0.05, 0) is 44.1 Å². The van der Waals surface area contributed by atoms with Crippen LogP contribution in [0.1, 0.15) is 25.7 Å². The minimum atomic E-state index is -0.844. The minimum Gasteiger partial charge on any atom is -0.480 e. The summed E-state index contributed by atoms with van der Waals surface area (Å²) in [5.41, 5.74) is 0. The zero-order valence-electron chi connectivity index (χ0n) is 16.0. The van der Waals surface area contributed by atoms with E-state index in [9.17, 15) is 19.8 Å². The Morgan fingerprint density at radius 1 is 0.852 bits per heavy atom. The zero-order chi connectivity index (χ0) is 19.6. The highest BCUT2D eigenvalue weighted by molar-refractivity contribution is 7.78. The van der Waals surface area contributed by atoms with E-state index in [-0.39, 0.29) is 0 Å². The first-order valence-electron chi connectivity index (χ1n) is 9.84. The standard InChI is InChI=1S/C18H32N4O4S/c23-17(24)16(4-1-15-27)21-7-2-5-20-10-9-19(11-13-21)6-3-8-22(14-12-20)18(25)26/h15-16H,1-14H2,(H,23,24)(H,25,26). The summed E-state index contributed by atoms with van der Waals surface area (Å²) in [6.45, 7) is 7.65. The highest BCUT2D eigenvalue weighted by Crippen LogP contribution is 2.12. The molecule has 27 heavy (non-hydrogen) atoms. The predicted octanol–water partition coefficient (Wildman–Crippen LogP) is 0.913. The van der Waals surface area contributed by atoms with Crippen molar-refractivity contribution in [3.8, 4) is 0 Å². The molecule has 0 radical (unpaired) electrons. The minimum absolute atomic E-state index is 0.491. The second-order valence-electron chi connectivity index (χ2n) is 7.29. The van der Waals surface area contributed by atoms with Crippen molar-refractivity contribution in [1.82, 2.24) is 19.6 Å². The molecular weight excluding hydrogens is 368 g/mol. The van der Waals surface area contributed by atoms with Crippen molar-refractivity contribution in [1.29, 1.82) is 0 Å². The molecule has 0 aliphatic carbocycles. The van der Waals surface area contributed by atoms with Gasteiger partial charge >= 0.3 is 12.1 Å². The van der Waals surface area contributed by atoms with Crippen LogP contribution in [0.2, 0.25) is 0 Å². The molecule has 0 saturated carbocycles. The van der Waals surface area contributed by atoms with E-state index in [2.05, 4.69) is 14.7 Å². The van der Waals surface area contributed by atoms with Gasteiger partial charge in [-0.2, -0.15) is 0 Å². The Morgan fingerprint density at radius 2 is 1.44 bits per heavy atom. The number of hydrogen-bond acceptors (Lipinski definition) is 6. The van der Waals surface area contributed by atoms with Gasteiger partial charge in [-0.3, -0.25) is 9.69 Å². The van der Waals surface area contributed by atoms with Crippen molar-refractivity contribution < 1.29 is 19.8 Å². The third-order valence-corrected chi connectivity index (χ3v) is 5.73. The SMILES string of the molecule is O=C(O)C(CCC=S)N1CCCN2CCN(CCCN(C(=O)O)CC2)CC1. The summed E-state index contributed by atoms with van der Waals surface area (Å²) in [7, 11) is 0. The molecule has 2 aliphatic heterocycles. The molecule has 3 unspecified atom stereocenters. The fourth-order valence-corrected chi connectivity index (χ4v) is 4.02. The number of hydrogen-bond donors (Lipinski definition) is 2. The molecule has 3 atom stereocenters. The molecule has 9 heteroatoms. The van der Waals surface area contributed by atoms with Crippen molar-refractivity contribution in [3.05, 3.63) is 0 Å². The van der Waals surface area contributed by atoms with Crippen LogP contribution in [-0.4, -0.2) is 119 Å². The van der Waals surface area contributed by atoms with Gasteiger partial charge in [0, 0.05) is 52.4 Å². The van der Waals surface area contributed by atoms with Crippen LogP contribution in [0.25, 0.3) is 0 Å². The van der Waals surface area contributed by atoms with Gasteiger partial charge in [0.25, 0.3) is 0 Å². The molecule has 0 aromatic carbocycles. The molecule has 154 valence electrons. The summed E-state index contributed by atoms with van der Waals surface area (Å²) in [5, 5.41) is 20.6. The molecule has 2 bridgehead atoms. The van der Waals surface area contributed by atoms with Crippen LogP contribution in [0.15, 0.2) is 0 Å². The molecule has 2 aliphatic rings. The number of amides is 1. The highest BCUT2D eigenvalue weighted by atomic mass is 32.1. The Kier molecular flexibility index (Phi) is 9.40. The lowest BCUT2D eigenvalue weighted by molar-refractivity contribution is -0.143. The van der Waals surface area contributed by atoms with Crippen LogP contribution in [0, 0.1) is 0 Å². The average Bonchev–Trinajstić information content (AvgIpc) is 2.64. The first kappa shape index (κ1) is 22.0. The van der Waals surface area contributed by atoms with Gasteiger partial charge in [0.2, 0.25) is 0 Å². The molecule has 1 amide bonds. The maximum Gasteiger partial charge on any atom is 0.407 e. The fourth-order valence-electron chi connectivity index (χ4n) is 3.88. The Bertz CT molecular complexity index is 508. The lowest BCUT2D eigenvalue weighted by Gasteiger charge is -2.36. The molecular formula is C18H32N4O4S. The quantitative estimate of drug-likeness (QED) is 0.659. The highest BCUT2D eigenvalue weighted by Gasteiger charge is 2.26. The van der Waals surface area contributed by atoms with Gasteiger partial charge in [-0.1, -0.05) is 12.2 Å². The largest absolute Gasteiger partial charge is 0.480 e. The zero-order valence-corrected chi connectivity index (χ0v) is 16.8. The van der Waals surface area contributed by atoms with E-state index in [1.54, 1.807) is 5.37 Å². The smallest absolute Gasteiger partial charge is 0.407 e. The second-order valence-corrected chi connectivity index (χ2v) is 7.63. The van der Waals surface area contributed by atoms with E-state index in [1.165, 1.54) is 4.90 Å². The van der Waals surface area contributed by atoms with E-state index in [4.69, 9.17) is 12.2 Å². The van der Waals surface area contributed by atoms with Gasteiger partial charge in [-0.25, -0.2) is 4.79 Å². The van der Waals surface area contributed by atoms with Crippen molar-refractivity contribution >= 4 is 29.6 Å². The molecule has 2 N–H and O–H groups in total. The number of fused-ring (bicyclic) bond motifs is 3. The van der Waals surface area contributed by atoms with Crippen molar-refractivity contribution in [2.45, 2.75) is 31.7 Å². The van der Waals surface area contributed by atoms with Crippen molar-refractivity contribution in [3.63, 3.8) is 0 Å². The van der Waals surface area contributed by atoms with Crippen LogP contribution in [0.3, 0.4) is 0 Å². The summed E-state index contributed by atoms with van der Waals surface area (Å²) >= 11 is 4.88. The summed E-state index contributed by atoms with van der Waals surface area (Å²) < 4.78 is 0. The van der Waals surface area contributed by atoms with E-state index in [0.717, 1.165) is 65.2 Å². The molecule has 2 saturated heterocycles. The maximum atomic E-state index is 11.8. The number of aliphatic carboxylic acids is 1. The number of rotatable bonds is 5. The van der Waals surface area contributed by atoms with Crippen LogP contribution in [0.5, 0.6) is 0 Å². The summed E-state index contributed by atoms with van der Waals surface area (Å²) in [4.78, 5) is 31.4. The molecule has 0 aromatic rings. The van der Waals surface area contributed by atoms with E-state index in [0.29, 0.717) is 25.9 Å². The third kappa shape index (κ3) is 7.33. The Labute approximate surface area is 166 Å². The van der Waals surface area contributed by atoms with Gasteiger partial charge in [0.1, 0.15) is 6.04 Å². The molecule has 2 heterocycles. The molecule has 2 rings (SSSR count). The maximum absolute atomic E-state index is 11.8. The molecule has 0 aromatic heterocycles. The van der Waals surface area contributed by atoms with E-state index in [1.807, 2.05) is 0 Å². The van der Waals surface area contributed by atoms with Crippen LogP contribution >= 0.6 is 12.2 Å². The van der Waals surface area contributed by atoms with Gasteiger partial charge in [0.15, 0.2) is 0 Å². The number of carbonyl (C=O) groups is 2. The molecule has 2 fully saturated rings. The summed E-state index contributed by atoms with van der Waals surface area (Å²) in [6.07, 6.45) is 2.02. The van der Waals surface area contributed by atoms with Crippen LogP contribution in [0.4, 0.5) is 4.79 Å². The van der Waals surface area contributed by atoms with E-state index >= 15 is 0 Å². The Morgan fingerprint density at radius 3 is 2.04 bits per heavy atom. The normalized spacial score (nSPS) is 26.9. The second kappa shape index (κ2) is 11.5. The lowest BCUT2D eigenvalue weighted by Crippen LogP contribution is -2.50. The van der Waals surface area contributed by atoms with Gasteiger partial charge in [-0.15, -0.1) is 0 Å². The first-order valence-corrected chi connectivity index (χ1v) is 10.3. The van der Waals surface area contributed by atoms with Crippen molar-refractivity contribution in [2.75, 3.05) is 65.4 Å². The molecule has 8 nitrogen and oxygen atoms in total. The summed E-state index contributed by atoms with van der Waals surface area (Å²) in [5.74, 6) is -0.773. The number of nitrogens with zero attached hydrogens (tertiary/aromatic N) is 4. The Hall–Kier alpha value is -1.29. The number of carboxylic acids is 1. The van der Waals surface area contributed by atoms with Crippen molar-refractivity contribution in [2.24, 2.45) is 0 Å².